The summed E-state index contributed by atoms with van der Waals surface area (Å²) < 4.78 is 53.3. The number of hydrogen-bond donors (Lipinski definition) is 2. The van der Waals surface area contributed by atoms with Crippen LogP contribution in [-0.2, 0) is 14.3 Å². The first-order chi connectivity index (χ1) is 16.9. The maximum Gasteiger partial charge on any atom is 1.00 e. The van der Waals surface area contributed by atoms with Crippen LogP contribution in [0.25, 0.3) is 0 Å². The number of carbonyl (C=O) groups excluding carboxylic acids is 2. The van der Waals surface area contributed by atoms with E-state index in [1.54, 1.807) is 0 Å². The Bertz CT molecular complexity index is 873. The van der Waals surface area contributed by atoms with Gasteiger partial charge in [0.2, 0.25) is 0 Å². The summed E-state index contributed by atoms with van der Waals surface area (Å²) in [4.78, 5) is 24.1. The number of aliphatic carboxylic acids is 1. The van der Waals surface area contributed by atoms with E-state index in [0.29, 0.717) is 12.8 Å². The Morgan fingerprint density at radius 1 is 1.31 bits per heavy atom. The number of allylic oxidation sites excluding steroid dienone is 3. The van der Waals surface area contributed by atoms with Crippen molar-refractivity contribution in [3.05, 3.63) is 23.8 Å². The van der Waals surface area contributed by atoms with Crippen molar-refractivity contribution in [3.8, 4) is 0 Å². The molecule has 0 aromatic heterocycles. The average Bonchev–Trinajstić information content (AvgIpc) is 2.71. The summed E-state index contributed by atoms with van der Waals surface area (Å²) in [7, 11) is 0. The van der Waals surface area contributed by atoms with Crippen molar-refractivity contribution < 1.29 is 67.4 Å². The third-order valence-corrected chi connectivity index (χ3v) is 6.51. The summed E-state index contributed by atoms with van der Waals surface area (Å²) in [6, 6.07) is 0. The number of esters is 1. The van der Waals surface area contributed by atoms with Gasteiger partial charge in [-0.3, -0.25) is 4.79 Å². The molecule has 0 amide bonds. The van der Waals surface area contributed by atoms with Crippen molar-refractivity contribution in [2.24, 2.45) is 29.1 Å². The Morgan fingerprint density at radius 2 is 2.00 bits per heavy atom. The zero-order valence-corrected chi connectivity index (χ0v) is 21.5. The van der Waals surface area contributed by atoms with Crippen molar-refractivity contribution in [2.45, 2.75) is 91.3 Å². The number of hydrogen-bond acceptors (Lipinski definition) is 6. The predicted octanol–water partition coefficient (Wildman–Crippen LogP) is -0.225. The number of ether oxygens (including phenoxy) is 1. The van der Waals surface area contributed by atoms with E-state index in [1.807, 2.05) is 26.0 Å². The zero-order chi connectivity index (χ0) is 28.3. The fraction of sp³-hybridized carbons (Fsp3) is 0.760. The van der Waals surface area contributed by atoms with Crippen LogP contribution >= 0.6 is 0 Å². The minimum absolute atomic E-state index is 0. The second kappa shape index (κ2) is 12.7. The summed E-state index contributed by atoms with van der Waals surface area (Å²) >= 11 is 0. The summed E-state index contributed by atoms with van der Waals surface area (Å²) in [5, 5.41) is 30.9. The second-order valence-corrected chi connectivity index (χ2v) is 9.19. The Kier molecular flexibility index (Phi) is 8.21. The van der Waals surface area contributed by atoms with Gasteiger partial charge in [0, 0.05) is 26.5 Å². The molecule has 2 rings (SSSR count). The average molecular weight is 465 g/mol. The monoisotopic (exact) mass is 464 g/mol. The van der Waals surface area contributed by atoms with E-state index in [-0.39, 0.29) is 66.1 Å². The molecule has 2 aliphatic carbocycles. The third-order valence-electron chi connectivity index (χ3n) is 6.51. The molecule has 7 heteroatoms. The molecule has 0 spiro atoms. The SMILES string of the molecule is [2H]C([2H])([2H])C(CC)(C(=O)O[C@H]1C[C@@H](C)C=C2C=C[C@H](C)[C@H](CC[C@@H](O)C[C@@H](O)CC(=O)[O-])[C@H]21)C([2H])([2H])[2H].[Na+]. The van der Waals surface area contributed by atoms with Gasteiger partial charge in [0.25, 0.3) is 0 Å². The first-order valence-corrected chi connectivity index (χ1v) is 11.1. The molecule has 0 radical (unpaired) electrons. The first kappa shape index (κ1) is 20.7. The Labute approximate surface area is 223 Å². The minimum Gasteiger partial charge on any atom is -0.550 e. The van der Waals surface area contributed by atoms with Gasteiger partial charge in [-0.05, 0) is 69.1 Å². The fourth-order valence-corrected chi connectivity index (χ4v) is 4.70. The van der Waals surface area contributed by atoms with Gasteiger partial charge in [-0.1, -0.05) is 39.0 Å². The number of carboxylic acid groups (broad SMARTS) is 1. The molecule has 0 aromatic carbocycles. The summed E-state index contributed by atoms with van der Waals surface area (Å²) in [6.07, 6.45) is 3.07. The molecule has 2 aliphatic rings. The van der Waals surface area contributed by atoms with Crippen LogP contribution < -0.4 is 34.7 Å². The van der Waals surface area contributed by atoms with Crippen LogP contribution in [0.1, 0.15) is 81.2 Å². The summed E-state index contributed by atoms with van der Waals surface area (Å²) in [5.41, 5.74) is -1.74. The van der Waals surface area contributed by atoms with Gasteiger partial charge in [-0.15, -0.1) is 0 Å². The number of carbonyl (C=O) groups is 2. The Balaban J connectivity index is 0.00000722. The molecule has 6 nitrogen and oxygen atoms in total. The van der Waals surface area contributed by atoms with E-state index >= 15 is 0 Å². The molecule has 32 heavy (non-hydrogen) atoms. The summed E-state index contributed by atoms with van der Waals surface area (Å²) in [6.45, 7) is -0.919. The van der Waals surface area contributed by atoms with Crippen LogP contribution in [0.4, 0.5) is 0 Å². The van der Waals surface area contributed by atoms with Crippen LogP contribution in [-0.4, -0.2) is 40.5 Å². The number of rotatable bonds is 10. The quantitative estimate of drug-likeness (QED) is 0.342. The van der Waals surface area contributed by atoms with Gasteiger partial charge in [-0.2, -0.15) is 0 Å². The van der Waals surface area contributed by atoms with Crippen LogP contribution in [0.15, 0.2) is 23.8 Å². The third kappa shape index (κ3) is 7.98. The van der Waals surface area contributed by atoms with Crippen LogP contribution in [0.2, 0.25) is 0 Å². The van der Waals surface area contributed by atoms with Gasteiger partial charge in [0.15, 0.2) is 0 Å². The zero-order valence-electron chi connectivity index (χ0n) is 25.5. The Hall–Kier alpha value is -0.660. The van der Waals surface area contributed by atoms with Crippen LogP contribution in [0, 0.1) is 29.1 Å². The van der Waals surface area contributed by atoms with Gasteiger partial charge >= 0.3 is 35.5 Å². The molecule has 0 aliphatic heterocycles. The van der Waals surface area contributed by atoms with Crippen molar-refractivity contribution in [1.82, 2.24) is 0 Å². The predicted molar refractivity (Wildman–Crippen MR) is 117 cm³/mol. The molecule has 176 valence electrons. The standard InChI is InChI=1S/C25H40O6.Na/c1-6-25(4,5)24(30)31-21-12-15(2)11-17-8-7-16(3)20(23(17)21)10-9-18(26)13-19(27)14-22(28)29;/h7-8,11,15-16,18-21,23,26-27H,6,9-10,12-14H2,1-5H3,(H,28,29);/q;+1/p-1/t15-,16-,18+,19+,20-,21-,23-;/m0./s1/i4D3,5D3;. The molecule has 0 saturated heterocycles. The van der Waals surface area contributed by atoms with Gasteiger partial charge in [0.1, 0.15) is 6.10 Å². The van der Waals surface area contributed by atoms with E-state index in [0.717, 1.165) is 5.57 Å². The molecule has 7 atom stereocenters. The molecule has 0 fully saturated rings. The van der Waals surface area contributed by atoms with E-state index in [4.69, 9.17) is 13.0 Å². The molecular formula is C25H39NaO6. The second-order valence-electron chi connectivity index (χ2n) is 9.19. The van der Waals surface area contributed by atoms with Crippen molar-refractivity contribution in [2.75, 3.05) is 0 Å². The molecular weight excluding hydrogens is 419 g/mol. The van der Waals surface area contributed by atoms with Crippen molar-refractivity contribution in [1.29, 1.82) is 0 Å². The van der Waals surface area contributed by atoms with E-state index in [9.17, 15) is 24.9 Å². The van der Waals surface area contributed by atoms with Crippen molar-refractivity contribution >= 4 is 11.9 Å². The topological polar surface area (TPSA) is 107 Å². The van der Waals surface area contributed by atoms with Crippen molar-refractivity contribution in [3.63, 3.8) is 0 Å². The first-order valence-electron chi connectivity index (χ1n) is 14.1. The molecule has 0 unspecified atom stereocenters. The van der Waals surface area contributed by atoms with E-state index in [1.165, 1.54) is 6.92 Å². The molecule has 0 bridgehead atoms. The smallest absolute Gasteiger partial charge is 0.550 e. The summed E-state index contributed by atoms with van der Waals surface area (Å²) in [5.74, 6) is -3.09. The molecule has 0 aromatic rings. The maximum atomic E-state index is 13.4. The fourth-order valence-electron chi connectivity index (χ4n) is 4.70. The van der Waals surface area contributed by atoms with Crippen LogP contribution in [0.3, 0.4) is 0 Å². The minimum atomic E-state index is -3.10. The van der Waals surface area contributed by atoms with Gasteiger partial charge in [-0.25, -0.2) is 0 Å². The molecule has 2 N–H and O–H groups in total. The maximum absolute atomic E-state index is 13.4. The number of fused-ring (bicyclic) bond motifs is 1. The van der Waals surface area contributed by atoms with Gasteiger partial charge < -0.3 is 24.9 Å². The number of carboxylic acids is 1. The molecule has 0 saturated carbocycles. The normalized spacial score (nSPS) is 32.8. The number of aliphatic hydroxyl groups excluding tert-OH is 2. The number of aliphatic hydroxyl groups is 2. The Morgan fingerprint density at radius 3 is 2.59 bits per heavy atom. The van der Waals surface area contributed by atoms with Gasteiger partial charge in [0.05, 0.1) is 17.6 Å². The van der Waals surface area contributed by atoms with E-state index in [2.05, 4.69) is 6.08 Å². The van der Waals surface area contributed by atoms with E-state index < -0.39 is 62.2 Å². The largest absolute Gasteiger partial charge is 1.00 e. The van der Waals surface area contributed by atoms with Crippen LogP contribution in [0.5, 0.6) is 0 Å². The molecule has 0 heterocycles.